The van der Waals surface area contributed by atoms with E-state index in [2.05, 4.69) is 51.8 Å². The smallest absolute Gasteiger partial charge is 0.153 e. The molecule has 0 bridgehead atoms. The lowest BCUT2D eigenvalue weighted by Crippen LogP contribution is -2.38. The number of hydrogen-bond donors (Lipinski definition) is 1. The fourth-order valence-corrected chi connectivity index (χ4v) is 5.25. The molecule has 2 aromatic heterocycles. The van der Waals surface area contributed by atoms with Crippen LogP contribution in [-0.4, -0.2) is 46.6 Å². The van der Waals surface area contributed by atoms with Gasteiger partial charge in [-0.25, -0.2) is 9.50 Å². The highest BCUT2D eigenvalue weighted by Crippen LogP contribution is 2.39. The Morgan fingerprint density at radius 3 is 1.93 bits per heavy atom. The van der Waals surface area contributed by atoms with Gasteiger partial charge in [-0.15, -0.1) is 0 Å². The van der Waals surface area contributed by atoms with E-state index in [4.69, 9.17) is 18.9 Å². The van der Waals surface area contributed by atoms with Gasteiger partial charge in [-0.3, -0.25) is 0 Å². The molecule has 8 heteroatoms. The predicted molar refractivity (Wildman–Crippen MR) is 156 cm³/mol. The highest BCUT2D eigenvalue weighted by molar-refractivity contribution is 5.67. The predicted octanol–water partition coefficient (Wildman–Crippen LogP) is 5.60. The van der Waals surface area contributed by atoms with Crippen LogP contribution in [0.25, 0.3) is 5.52 Å². The molecule has 0 amide bonds. The number of fused-ring (bicyclic) bond motifs is 1. The van der Waals surface area contributed by atoms with Crippen LogP contribution in [0.4, 0.5) is 5.82 Å². The molecule has 0 aliphatic carbocycles. The summed E-state index contributed by atoms with van der Waals surface area (Å²) in [5.74, 6) is 0.741. The molecule has 0 unspecified atom stereocenters. The van der Waals surface area contributed by atoms with E-state index in [1.54, 1.807) is 6.33 Å². The average Bonchev–Trinajstić information content (AvgIpc) is 3.61. The lowest BCUT2D eigenvalue weighted by atomic mass is 10.0. The zero-order chi connectivity index (χ0) is 27.9. The van der Waals surface area contributed by atoms with Gasteiger partial charge in [0.25, 0.3) is 0 Å². The van der Waals surface area contributed by atoms with Crippen molar-refractivity contribution in [3.05, 3.63) is 132 Å². The Morgan fingerprint density at radius 2 is 1.32 bits per heavy atom. The number of rotatable bonds is 12. The number of anilines is 1. The Kier molecular flexibility index (Phi) is 8.63. The number of hydrogen-bond acceptors (Lipinski definition) is 7. The molecule has 1 aliphatic heterocycles. The maximum atomic E-state index is 6.75. The van der Waals surface area contributed by atoms with E-state index in [-0.39, 0.29) is 12.2 Å². The molecule has 5 aromatic rings. The van der Waals surface area contributed by atoms with Crippen molar-refractivity contribution in [1.29, 1.82) is 0 Å². The normalized spacial score (nSPS) is 20.4. The SMILES string of the molecule is CNc1ncnn2c([C@@H]3O[C@H](COCc4ccccc4)[C@@H](OCc4ccccc4)[C@H]3OCc3ccccc3)ccc12. The van der Waals surface area contributed by atoms with E-state index in [1.165, 1.54) is 0 Å². The monoisotopic (exact) mass is 550 g/mol. The third-order valence-electron chi connectivity index (χ3n) is 7.28. The Labute approximate surface area is 239 Å². The van der Waals surface area contributed by atoms with Crippen molar-refractivity contribution in [3.8, 4) is 0 Å². The summed E-state index contributed by atoms with van der Waals surface area (Å²) in [6, 6.07) is 34.5. The van der Waals surface area contributed by atoms with Gasteiger partial charge in [0, 0.05) is 7.05 Å². The van der Waals surface area contributed by atoms with Gasteiger partial charge in [-0.05, 0) is 28.8 Å². The standard InChI is InChI=1S/C33H34N4O4/c1-34-33-28-18-17-27(37(28)36-23-35-33)30-32(40-21-26-15-9-4-10-16-26)31(39-20-25-13-7-3-8-14-25)29(41-30)22-38-19-24-11-5-2-6-12-24/h2-18,23,29-32H,19-22H2,1H3,(H,34,35,36)/t29-,30+,31-,32+/m1/s1. The van der Waals surface area contributed by atoms with Crippen molar-refractivity contribution in [1.82, 2.24) is 14.6 Å². The van der Waals surface area contributed by atoms with Crippen LogP contribution < -0.4 is 5.32 Å². The fraction of sp³-hybridized carbons (Fsp3) is 0.273. The first-order valence-electron chi connectivity index (χ1n) is 13.9. The Bertz CT molecular complexity index is 1510. The van der Waals surface area contributed by atoms with E-state index in [1.807, 2.05) is 78.3 Å². The van der Waals surface area contributed by atoms with Crippen molar-refractivity contribution in [2.75, 3.05) is 19.0 Å². The number of aromatic nitrogens is 3. The lowest BCUT2D eigenvalue weighted by molar-refractivity contribution is -0.0898. The largest absolute Gasteiger partial charge is 0.374 e. The molecule has 0 saturated carbocycles. The van der Waals surface area contributed by atoms with Crippen LogP contribution in [0.15, 0.2) is 109 Å². The van der Waals surface area contributed by atoms with Crippen molar-refractivity contribution in [2.45, 2.75) is 44.2 Å². The second kappa shape index (κ2) is 13.1. The van der Waals surface area contributed by atoms with Crippen LogP contribution in [-0.2, 0) is 38.8 Å². The van der Waals surface area contributed by atoms with Gasteiger partial charge >= 0.3 is 0 Å². The summed E-state index contributed by atoms with van der Waals surface area (Å²) in [7, 11) is 1.85. The molecule has 0 radical (unpaired) electrons. The number of benzene rings is 3. The van der Waals surface area contributed by atoms with Gasteiger partial charge in [-0.2, -0.15) is 5.10 Å². The second-order valence-corrected chi connectivity index (χ2v) is 10.0. The summed E-state index contributed by atoms with van der Waals surface area (Å²) < 4.78 is 28.1. The first-order chi connectivity index (χ1) is 20.3. The number of ether oxygens (including phenoxy) is 4. The first kappa shape index (κ1) is 27.1. The Balaban J connectivity index is 1.30. The summed E-state index contributed by atoms with van der Waals surface area (Å²) in [6.07, 6.45) is -0.0384. The maximum absolute atomic E-state index is 6.75. The lowest BCUT2D eigenvalue weighted by Gasteiger charge is -2.25. The van der Waals surface area contributed by atoms with Gasteiger partial charge < -0.3 is 24.3 Å². The topological polar surface area (TPSA) is 79.1 Å². The van der Waals surface area contributed by atoms with Crippen molar-refractivity contribution in [3.63, 3.8) is 0 Å². The fourth-order valence-electron chi connectivity index (χ4n) is 5.25. The van der Waals surface area contributed by atoms with Crippen LogP contribution in [0, 0.1) is 0 Å². The molecule has 210 valence electrons. The highest BCUT2D eigenvalue weighted by Gasteiger charge is 2.48. The van der Waals surface area contributed by atoms with E-state index in [0.717, 1.165) is 33.7 Å². The maximum Gasteiger partial charge on any atom is 0.153 e. The van der Waals surface area contributed by atoms with Crippen LogP contribution in [0.1, 0.15) is 28.5 Å². The minimum absolute atomic E-state index is 0.357. The minimum Gasteiger partial charge on any atom is -0.374 e. The van der Waals surface area contributed by atoms with Crippen LogP contribution in [0.2, 0.25) is 0 Å². The molecule has 41 heavy (non-hydrogen) atoms. The van der Waals surface area contributed by atoms with Crippen molar-refractivity contribution < 1.29 is 18.9 Å². The van der Waals surface area contributed by atoms with Gasteiger partial charge in [0.1, 0.15) is 36.3 Å². The molecule has 4 atom stereocenters. The second-order valence-electron chi connectivity index (χ2n) is 10.0. The Hall–Kier alpha value is -4.08. The third-order valence-corrected chi connectivity index (χ3v) is 7.28. The molecule has 1 aliphatic rings. The Morgan fingerprint density at radius 1 is 0.732 bits per heavy atom. The van der Waals surface area contributed by atoms with Crippen LogP contribution in [0.3, 0.4) is 0 Å². The zero-order valence-electron chi connectivity index (χ0n) is 23.0. The van der Waals surface area contributed by atoms with Crippen LogP contribution in [0.5, 0.6) is 0 Å². The first-order valence-corrected chi connectivity index (χ1v) is 13.9. The molecule has 1 saturated heterocycles. The molecule has 3 aromatic carbocycles. The van der Waals surface area contributed by atoms with Gasteiger partial charge in [-0.1, -0.05) is 91.0 Å². The molecule has 6 rings (SSSR count). The third kappa shape index (κ3) is 6.31. The molecular formula is C33H34N4O4. The summed E-state index contributed by atoms with van der Waals surface area (Å²) in [4.78, 5) is 4.36. The quantitative estimate of drug-likeness (QED) is 0.217. The van der Waals surface area contributed by atoms with Crippen molar-refractivity contribution in [2.24, 2.45) is 0 Å². The molecule has 3 heterocycles. The summed E-state index contributed by atoms with van der Waals surface area (Å²) in [5.41, 5.74) is 5.00. The van der Waals surface area contributed by atoms with E-state index >= 15 is 0 Å². The van der Waals surface area contributed by atoms with Gasteiger partial charge in [0.15, 0.2) is 5.82 Å². The van der Waals surface area contributed by atoms with Gasteiger partial charge in [0.05, 0.1) is 32.1 Å². The van der Waals surface area contributed by atoms with E-state index in [0.29, 0.717) is 26.4 Å². The molecule has 1 N–H and O–H groups in total. The number of nitrogens with one attached hydrogen (secondary N) is 1. The summed E-state index contributed by atoms with van der Waals surface area (Å²) >= 11 is 0. The van der Waals surface area contributed by atoms with E-state index in [9.17, 15) is 0 Å². The highest BCUT2D eigenvalue weighted by atomic mass is 16.6. The summed E-state index contributed by atoms with van der Waals surface area (Å²) in [6.45, 7) is 1.70. The molecule has 8 nitrogen and oxygen atoms in total. The molecular weight excluding hydrogens is 516 g/mol. The minimum atomic E-state index is -0.438. The summed E-state index contributed by atoms with van der Waals surface area (Å²) in [5, 5.41) is 7.69. The molecule has 0 spiro atoms. The van der Waals surface area contributed by atoms with Gasteiger partial charge in [0.2, 0.25) is 0 Å². The average molecular weight is 551 g/mol. The van der Waals surface area contributed by atoms with Crippen molar-refractivity contribution >= 4 is 11.3 Å². The number of nitrogens with zero attached hydrogens (tertiary/aromatic N) is 3. The zero-order valence-corrected chi connectivity index (χ0v) is 23.0. The van der Waals surface area contributed by atoms with Crippen LogP contribution >= 0.6 is 0 Å². The van der Waals surface area contributed by atoms with E-state index < -0.39 is 12.2 Å². The molecule has 1 fully saturated rings.